The molecule has 0 aliphatic rings. The summed E-state index contributed by atoms with van der Waals surface area (Å²) in [5, 5.41) is 12.5. The molecule has 0 radical (unpaired) electrons. The summed E-state index contributed by atoms with van der Waals surface area (Å²) >= 11 is 1.40. The monoisotopic (exact) mass is 480 g/mol. The van der Waals surface area contributed by atoms with Gasteiger partial charge < -0.3 is 14.6 Å². The summed E-state index contributed by atoms with van der Waals surface area (Å²) in [6.45, 7) is 15.4. The largest absolute Gasteiger partial charge is 0.483 e. The van der Waals surface area contributed by atoms with E-state index < -0.39 is 0 Å². The first-order valence-corrected chi connectivity index (χ1v) is 12.8. The van der Waals surface area contributed by atoms with E-state index in [0.29, 0.717) is 11.8 Å². The normalized spacial score (nSPS) is 12.3. The molecule has 3 rings (SSSR count). The van der Waals surface area contributed by atoms with Crippen LogP contribution >= 0.6 is 11.8 Å². The molecule has 1 aromatic heterocycles. The molecule has 3 aromatic rings. The van der Waals surface area contributed by atoms with E-state index in [2.05, 4.69) is 66.0 Å². The Labute approximate surface area is 207 Å². The second-order valence-corrected chi connectivity index (χ2v) is 10.5. The highest BCUT2D eigenvalue weighted by Gasteiger charge is 2.21. The number of nitrogens with one attached hydrogen (secondary N) is 1. The zero-order valence-electron chi connectivity index (χ0n) is 21.3. The molecule has 1 atom stereocenters. The number of aromatic nitrogens is 3. The van der Waals surface area contributed by atoms with E-state index in [9.17, 15) is 4.79 Å². The number of aryl methyl sites for hydroxylation is 2. The van der Waals surface area contributed by atoms with E-state index in [-0.39, 0.29) is 17.8 Å². The van der Waals surface area contributed by atoms with Crippen molar-refractivity contribution in [2.75, 3.05) is 11.1 Å². The number of carbonyl (C=O) groups is 1. The fraction of sp³-hybridized carbons (Fsp3) is 0.444. The summed E-state index contributed by atoms with van der Waals surface area (Å²) < 4.78 is 8.26. The van der Waals surface area contributed by atoms with Gasteiger partial charge in [0.15, 0.2) is 17.1 Å². The van der Waals surface area contributed by atoms with Gasteiger partial charge in [0.1, 0.15) is 5.75 Å². The van der Waals surface area contributed by atoms with Crippen LogP contribution in [0, 0.1) is 19.8 Å². The van der Waals surface area contributed by atoms with Crippen LogP contribution in [0.3, 0.4) is 0 Å². The van der Waals surface area contributed by atoms with Crippen molar-refractivity contribution < 1.29 is 9.53 Å². The van der Waals surface area contributed by atoms with Crippen molar-refractivity contribution in [1.82, 2.24) is 14.8 Å². The molecule has 0 bridgehead atoms. The smallest absolute Gasteiger partial charge is 0.234 e. The van der Waals surface area contributed by atoms with Crippen molar-refractivity contribution >= 4 is 23.4 Å². The van der Waals surface area contributed by atoms with Gasteiger partial charge in [-0.05, 0) is 73.6 Å². The molecule has 6 nitrogen and oxygen atoms in total. The van der Waals surface area contributed by atoms with Gasteiger partial charge in [0.2, 0.25) is 5.91 Å². The van der Waals surface area contributed by atoms with Gasteiger partial charge in [-0.1, -0.05) is 57.7 Å². The third-order valence-corrected chi connectivity index (χ3v) is 6.32. The Balaban J connectivity index is 1.69. The summed E-state index contributed by atoms with van der Waals surface area (Å²) in [6, 6.07) is 14.2. The lowest BCUT2D eigenvalue weighted by Gasteiger charge is -2.18. The highest BCUT2D eigenvalue weighted by atomic mass is 32.2. The van der Waals surface area contributed by atoms with Crippen molar-refractivity contribution in [2.24, 2.45) is 5.92 Å². The van der Waals surface area contributed by atoms with Gasteiger partial charge in [-0.25, -0.2) is 0 Å². The van der Waals surface area contributed by atoms with E-state index in [4.69, 9.17) is 4.74 Å². The van der Waals surface area contributed by atoms with Crippen molar-refractivity contribution in [2.45, 2.75) is 72.2 Å². The number of hydrogen-bond acceptors (Lipinski definition) is 5. The van der Waals surface area contributed by atoms with Gasteiger partial charge in [-0.15, -0.1) is 10.2 Å². The molecule has 0 saturated carbocycles. The summed E-state index contributed by atoms with van der Waals surface area (Å²) in [5.41, 5.74) is 4.34. The average molecular weight is 481 g/mol. The molecule has 0 fully saturated rings. The number of thioether (sulfide) groups is 1. The average Bonchev–Trinajstić information content (AvgIpc) is 3.13. The van der Waals surface area contributed by atoms with Crippen LogP contribution in [-0.4, -0.2) is 26.4 Å². The van der Waals surface area contributed by atoms with Crippen LogP contribution < -0.4 is 10.1 Å². The van der Waals surface area contributed by atoms with Crippen LogP contribution in [0.5, 0.6) is 5.75 Å². The van der Waals surface area contributed by atoms with Gasteiger partial charge in [0.25, 0.3) is 0 Å². The van der Waals surface area contributed by atoms with Crippen molar-refractivity contribution in [3.8, 4) is 5.75 Å². The molecular weight excluding hydrogens is 444 g/mol. The zero-order chi connectivity index (χ0) is 24.8. The van der Waals surface area contributed by atoms with E-state index in [1.807, 2.05) is 45.0 Å². The molecule has 1 amide bonds. The molecule has 0 aliphatic heterocycles. The van der Waals surface area contributed by atoms with E-state index in [1.165, 1.54) is 17.3 Å². The number of anilines is 1. The van der Waals surface area contributed by atoms with Crippen LogP contribution in [-0.2, 0) is 11.3 Å². The van der Waals surface area contributed by atoms with Crippen LogP contribution in [0.1, 0.15) is 69.2 Å². The van der Waals surface area contributed by atoms with Gasteiger partial charge >= 0.3 is 0 Å². The molecule has 0 spiro atoms. The Bertz CT molecular complexity index is 1090. The maximum absolute atomic E-state index is 12.6. The second kappa shape index (κ2) is 11.6. The molecule has 1 N–H and O–H groups in total. The topological polar surface area (TPSA) is 69.0 Å². The molecule has 1 unspecified atom stereocenters. The maximum atomic E-state index is 12.6. The van der Waals surface area contributed by atoms with Crippen LogP contribution in [0.25, 0.3) is 0 Å². The number of hydrogen-bond donors (Lipinski definition) is 1. The molecule has 7 heteroatoms. The van der Waals surface area contributed by atoms with Gasteiger partial charge in [0.05, 0.1) is 5.75 Å². The lowest BCUT2D eigenvalue weighted by molar-refractivity contribution is -0.113. The Morgan fingerprint density at radius 2 is 1.65 bits per heavy atom. The van der Waals surface area contributed by atoms with E-state index >= 15 is 0 Å². The molecular formula is C27H36N4O2S. The lowest BCUT2D eigenvalue weighted by Crippen LogP contribution is -2.17. The molecule has 0 aliphatic carbocycles. The number of ether oxygens (including phenoxy) is 1. The quantitative estimate of drug-likeness (QED) is 0.333. The SMILES string of the molecule is Cc1cc(C)cc(NC(=O)CSc2nnc(C(C)Oc3ccc(C(C)C)cc3)n2CC(C)C)c1. The van der Waals surface area contributed by atoms with Crippen LogP contribution in [0.15, 0.2) is 47.6 Å². The Morgan fingerprint density at radius 1 is 1.00 bits per heavy atom. The fourth-order valence-corrected chi connectivity index (χ4v) is 4.56. The van der Waals surface area contributed by atoms with Gasteiger partial charge in [0, 0.05) is 12.2 Å². The summed E-state index contributed by atoms with van der Waals surface area (Å²) in [6.07, 6.45) is -0.269. The summed E-state index contributed by atoms with van der Waals surface area (Å²) in [7, 11) is 0. The molecule has 34 heavy (non-hydrogen) atoms. The zero-order valence-corrected chi connectivity index (χ0v) is 22.1. The minimum atomic E-state index is -0.269. The van der Waals surface area contributed by atoms with Gasteiger partial charge in [-0.3, -0.25) is 4.79 Å². The summed E-state index contributed by atoms with van der Waals surface area (Å²) in [4.78, 5) is 12.6. The minimum Gasteiger partial charge on any atom is -0.483 e. The maximum Gasteiger partial charge on any atom is 0.234 e. The number of carbonyl (C=O) groups excluding carboxylic acids is 1. The summed E-state index contributed by atoms with van der Waals surface area (Å²) in [5.74, 6) is 2.64. The van der Waals surface area contributed by atoms with Crippen molar-refractivity contribution in [1.29, 1.82) is 0 Å². The Kier molecular flexibility index (Phi) is 8.78. The number of benzene rings is 2. The molecule has 2 aromatic carbocycles. The third kappa shape index (κ3) is 7.10. The fourth-order valence-electron chi connectivity index (χ4n) is 3.81. The lowest BCUT2D eigenvalue weighted by atomic mass is 10.0. The third-order valence-electron chi connectivity index (χ3n) is 5.35. The Hall–Kier alpha value is -2.80. The number of amides is 1. The highest BCUT2D eigenvalue weighted by Crippen LogP contribution is 2.27. The van der Waals surface area contributed by atoms with Crippen LogP contribution in [0.2, 0.25) is 0 Å². The van der Waals surface area contributed by atoms with Crippen LogP contribution in [0.4, 0.5) is 5.69 Å². The Morgan fingerprint density at radius 3 is 2.24 bits per heavy atom. The molecule has 0 saturated heterocycles. The predicted molar refractivity (Wildman–Crippen MR) is 140 cm³/mol. The standard InChI is InChI=1S/C27H36N4O2S/c1-17(2)15-31-26(21(7)33-24-10-8-22(9-11-24)18(3)4)29-30-27(31)34-16-25(32)28-23-13-19(5)12-20(6)14-23/h8-14,17-18,21H,15-16H2,1-7H3,(H,28,32). The first-order valence-electron chi connectivity index (χ1n) is 11.8. The molecule has 1 heterocycles. The second-order valence-electron chi connectivity index (χ2n) is 9.54. The number of nitrogens with zero attached hydrogens (tertiary/aromatic N) is 3. The van der Waals surface area contributed by atoms with Crippen molar-refractivity contribution in [3.63, 3.8) is 0 Å². The first kappa shape index (κ1) is 25.8. The van der Waals surface area contributed by atoms with Gasteiger partial charge in [-0.2, -0.15) is 0 Å². The highest BCUT2D eigenvalue weighted by molar-refractivity contribution is 7.99. The van der Waals surface area contributed by atoms with E-state index in [0.717, 1.165) is 40.1 Å². The number of rotatable bonds is 10. The van der Waals surface area contributed by atoms with Crippen molar-refractivity contribution in [3.05, 3.63) is 65.0 Å². The molecule has 182 valence electrons. The van der Waals surface area contributed by atoms with E-state index in [1.54, 1.807) is 0 Å². The first-order chi connectivity index (χ1) is 16.1. The minimum absolute atomic E-state index is 0.0646. The predicted octanol–water partition coefficient (Wildman–Crippen LogP) is 6.55.